The number of hydrogen-bond acceptors (Lipinski definition) is 2. The molecule has 0 radical (unpaired) electrons. The first-order valence-electron chi connectivity index (χ1n) is 6.31. The van der Waals surface area contributed by atoms with Gasteiger partial charge in [0.05, 0.1) is 0 Å². The van der Waals surface area contributed by atoms with E-state index in [1.807, 2.05) is 6.07 Å². The third-order valence-electron chi connectivity index (χ3n) is 2.61. The lowest BCUT2D eigenvalue weighted by atomic mass is 10.1. The molecule has 0 amide bonds. The zero-order valence-corrected chi connectivity index (χ0v) is 11.6. The van der Waals surface area contributed by atoms with Crippen LogP contribution in [0.4, 0.5) is 4.39 Å². The van der Waals surface area contributed by atoms with Crippen molar-refractivity contribution in [3.05, 3.63) is 30.1 Å². The Morgan fingerprint density at radius 2 is 2.33 bits per heavy atom. The molecule has 3 heteroatoms. The Morgan fingerprint density at radius 3 is 3.00 bits per heavy atom. The molecule has 0 aliphatic rings. The Hall–Kier alpha value is -0.980. The fourth-order valence-electron chi connectivity index (χ4n) is 1.74. The zero-order valence-electron chi connectivity index (χ0n) is 10.8. The van der Waals surface area contributed by atoms with Crippen LogP contribution in [0.25, 0.3) is 0 Å². The normalized spacial score (nSPS) is 12.1. The number of benzene rings is 1. The number of terminal acetylenes is 1. The molecule has 0 aliphatic carbocycles. The fraction of sp³-hybridized carbons (Fsp3) is 0.467. The van der Waals surface area contributed by atoms with Gasteiger partial charge in [0, 0.05) is 23.1 Å². The summed E-state index contributed by atoms with van der Waals surface area (Å²) in [5.74, 6) is 3.43. The molecule has 98 valence electrons. The average Bonchev–Trinajstić information content (AvgIpc) is 2.36. The van der Waals surface area contributed by atoms with Crippen LogP contribution in [-0.2, 0) is 0 Å². The van der Waals surface area contributed by atoms with E-state index in [2.05, 4.69) is 18.2 Å². The van der Waals surface area contributed by atoms with Gasteiger partial charge in [-0.15, -0.1) is 24.1 Å². The predicted octanol–water partition coefficient (Wildman–Crippen LogP) is 3.70. The largest absolute Gasteiger partial charge is 0.313 e. The average molecular weight is 265 g/mol. The molecular weight excluding hydrogens is 245 g/mol. The minimum absolute atomic E-state index is 0.174. The van der Waals surface area contributed by atoms with Gasteiger partial charge in [0.25, 0.3) is 0 Å². The number of rotatable bonds is 8. The van der Waals surface area contributed by atoms with Crippen LogP contribution in [0, 0.1) is 18.2 Å². The van der Waals surface area contributed by atoms with E-state index in [1.54, 1.807) is 23.9 Å². The van der Waals surface area contributed by atoms with E-state index in [0.717, 1.165) is 36.5 Å². The van der Waals surface area contributed by atoms with E-state index in [1.165, 1.54) is 6.07 Å². The van der Waals surface area contributed by atoms with Crippen LogP contribution in [-0.4, -0.2) is 18.3 Å². The van der Waals surface area contributed by atoms with Gasteiger partial charge in [0.15, 0.2) is 0 Å². The summed E-state index contributed by atoms with van der Waals surface area (Å²) < 4.78 is 13.0. The van der Waals surface area contributed by atoms with Crippen LogP contribution in [0.5, 0.6) is 0 Å². The molecule has 0 aromatic heterocycles. The van der Waals surface area contributed by atoms with Gasteiger partial charge in [-0.05, 0) is 37.6 Å². The van der Waals surface area contributed by atoms with Gasteiger partial charge in [0.1, 0.15) is 5.82 Å². The van der Waals surface area contributed by atoms with Gasteiger partial charge in [-0.2, -0.15) is 0 Å². The van der Waals surface area contributed by atoms with Crippen molar-refractivity contribution >= 4 is 11.8 Å². The number of thioether (sulfide) groups is 1. The summed E-state index contributed by atoms with van der Waals surface area (Å²) in [6.45, 7) is 3.05. The van der Waals surface area contributed by atoms with Crippen molar-refractivity contribution in [2.24, 2.45) is 0 Å². The van der Waals surface area contributed by atoms with Crippen molar-refractivity contribution in [1.29, 1.82) is 0 Å². The Balaban J connectivity index is 2.39. The van der Waals surface area contributed by atoms with E-state index in [-0.39, 0.29) is 5.82 Å². The van der Waals surface area contributed by atoms with Crippen molar-refractivity contribution in [3.8, 4) is 12.3 Å². The third-order valence-corrected chi connectivity index (χ3v) is 3.77. The molecule has 0 saturated heterocycles. The maximum absolute atomic E-state index is 13.0. The highest BCUT2D eigenvalue weighted by molar-refractivity contribution is 7.99. The van der Waals surface area contributed by atoms with Crippen molar-refractivity contribution in [2.75, 3.05) is 12.3 Å². The van der Waals surface area contributed by atoms with Gasteiger partial charge in [-0.3, -0.25) is 0 Å². The first kappa shape index (κ1) is 15.1. The molecule has 1 rings (SSSR count). The Kier molecular flexibility index (Phi) is 7.55. The van der Waals surface area contributed by atoms with E-state index in [9.17, 15) is 4.39 Å². The predicted molar refractivity (Wildman–Crippen MR) is 77.3 cm³/mol. The molecule has 1 nitrogen and oxygen atoms in total. The number of unbranched alkanes of at least 4 members (excludes halogenated alkanes) is 1. The zero-order chi connectivity index (χ0) is 13.2. The molecule has 1 aromatic carbocycles. The van der Waals surface area contributed by atoms with Crippen molar-refractivity contribution in [2.45, 2.75) is 37.1 Å². The number of nitrogens with one attached hydrogen (secondary N) is 1. The Bertz CT molecular complexity index is 386. The molecule has 18 heavy (non-hydrogen) atoms. The quantitative estimate of drug-likeness (QED) is 0.437. The maximum atomic E-state index is 13.0. The summed E-state index contributed by atoms with van der Waals surface area (Å²) in [5, 5.41) is 3.44. The molecule has 1 atom stereocenters. The summed E-state index contributed by atoms with van der Waals surface area (Å²) in [7, 11) is 0. The third kappa shape index (κ3) is 6.09. The summed E-state index contributed by atoms with van der Waals surface area (Å²) in [5.41, 5.74) is 0. The van der Waals surface area contributed by atoms with E-state index < -0.39 is 0 Å². The Labute approximate surface area is 114 Å². The van der Waals surface area contributed by atoms with E-state index in [0.29, 0.717) is 6.04 Å². The second-order valence-corrected chi connectivity index (χ2v) is 5.21. The van der Waals surface area contributed by atoms with E-state index in [4.69, 9.17) is 6.42 Å². The second-order valence-electron chi connectivity index (χ2n) is 4.12. The monoisotopic (exact) mass is 265 g/mol. The first-order chi connectivity index (χ1) is 8.76. The van der Waals surface area contributed by atoms with Gasteiger partial charge in [0.2, 0.25) is 0 Å². The van der Waals surface area contributed by atoms with Gasteiger partial charge in [-0.1, -0.05) is 13.0 Å². The Morgan fingerprint density at radius 1 is 1.50 bits per heavy atom. The summed E-state index contributed by atoms with van der Waals surface area (Å²) >= 11 is 1.69. The molecule has 0 saturated carbocycles. The number of hydrogen-bond donors (Lipinski definition) is 1. The summed E-state index contributed by atoms with van der Waals surface area (Å²) in [6, 6.07) is 7.18. The summed E-state index contributed by atoms with van der Waals surface area (Å²) in [4.78, 5) is 0.981. The molecule has 0 heterocycles. The van der Waals surface area contributed by atoms with Gasteiger partial charge in [-0.25, -0.2) is 4.39 Å². The molecule has 1 N–H and O–H groups in total. The standard InChI is InChI=1S/C15H20FNS/c1-3-5-6-9-14(17-4-2)12-18-15-10-7-8-13(16)11-15/h1,7-8,10-11,14,17H,4-6,9,12H2,2H3. The first-order valence-corrected chi connectivity index (χ1v) is 7.30. The van der Waals surface area contributed by atoms with Crippen LogP contribution < -0.4 is 5.32 Å². The summed E-state index contributed by atoms with van der Waals surface area (Å²) in [6.07, 6.45) is 8.19. The topological polar surface area (TPSA) is 12.0 Å². The van der Waals surface area contributed by atoms with Crippen LogP contribution >= 0.6 is 11.8 Å². The fourth-order valence-corrected chi connectivity index (χ4v) is 2.79. The van der Waals surface area contributed by atoms with Crippen molar-refractivity contribution < 1.29 is 4.39 Å². The lowest BCUT2D eigenvalue weighted by Crippen LogP contribution is -2.31. The molecule has 1 unspecified atom stereocenters. The lowest BCUT2D eigenvalue weighted by Gasteiger charge is -2.16. The smallest absolute Gasteiger partial charge is 0.124 e. The van der Waals surface area contributed by atoms with Gasteiger partial charge < -0.3 is 5.32 Å². The highest BCUT2D eigenvalue weighted by Crippen LogP contribution is 2.20. The minimum atomic E-state index is -0.174. The number of halogens is 1. The molecule has 0 bridgehead atoms. The van der Waals surface area contributed by atoms with Crippen LogP contribution in [0.2, 0.25) is 0 Å². The lowest BCUT2D eigenvalue weighted by molar-refractivity contribution is 0.523. The van der Waals surface area contributed by atoms with Crippen LogP contribution in [0.3, 0.4) is 0 Å². The SMILES string of the molecule is C#CCCCC(CSc1cccc(F)c1)NCC. The molecule has 0 spiro atoms. The second kappa shape index (κ2) is 9.02. The molecule has 0 fully saturated rings. The highest BCUT2D eigenvalue weighted by atomic mass is 32.2. The molecular formula is C15H20FNS. The molecule has 1 aromatic rings. The van der Waals surface area contributed by atoms with E-state index >= 15 is 0 Å². The molecule has 0 aliphatic heterocycles. The van der Waals surface area contributed by atoms with Gasteiger partial charge >= 0.3 is 0 Å². The van der Waals surface area contributed by atoms with Crippen molar-refractivity contribution in [1.82, 2.24) is 5.32 Å². The minimum Gasteiger partial charge on any atom is -0.313 e. The van der Waals surface area contributed by atoms with Crippen LogP contribution in [0.15, 0.2) is 29.2 Å². The van der Waals surface area contributed by atoms with Crippen molar-refractivity contribution in [3.63, 3.8) is 0 Å². The van der Waals surface area contributed by atoms with Crippen LogP contribution in [0.1, 0.15) is 26.2 Å². The maximum Gasteiger partial charge on any atom is 0.124 e. The highest BCUT2D eigenvalue weighted by Gasteiger charge is 2.07.